The number of carbonyl (C=O) groups excluding carboxylic acids is 4. The maximum atomic E-state index is 14.2. The van der Waals surface area contributed by atoms with E-state index in [1.807, 2.05) is 44.7 Å². The topological polar surface area (TPSA) is 105 Å². The summed E-state index contributed by atoms with van der Waals surface area (Å²) in [5, 5.41) is 6.45. The second kappa shape index (κ2) is 17.7. The van der Waals surface area contributed by atoms with Crippen LogP contribution in [0.15, 0.2) is 0 Å². The molecule has 0 aromatic heterocycles. The molecular weight excluding hydrogens is 613 g/mol. The Morgan fingerprint density at radius 2 is 1.36 bits per heavy atom. The lowest BCUT2D eigenvalue weighted by atomic mass is 9.84. The molecule has 3 saturated heterocycles. The third-order valence-electron chi connectivity index (χ3n) is 11.2. The Morgan fingerprint density at radius 3 is 1.98 bits per heavy atom. The number of likely N-dealkylation sites (tertiary alicyclic amines) is 3. The molecule has 4 fully saturated rings. The summed E-state index contributed by atoms with van der Waals surface area (Å²) in [7, 11) is 3.84. The van der Waals surface area contributed by atoms with Crippen LogP contribution in [0.2, 0.25) is 0 Å². The SMILES string of the molecule is CC(C)[C@@H](CN1CCC[C@H]1C(=O)N1CCC[C@H]1C(=O)NC1CCCCCC1)N(C)C(=O)[C@@H](NC(=O)[C@H]1CCCCN1C)C(C)(C)C.S. The van der Waals surface area contributed by atoms with Gasteiger partial charge in [0.2, 0.25) is 23.6 Å². The van der Waals surface area contributed by atoms with Gasteiger partial charge in [0, 0.05) is 32.2 Å². The highest BCUT2D eigenvalue weighted by Gasteiger charge is 2.44. The van der Waals surface area contributed by atoms with Gasteiger partial charge in [-0.1, -0.05) is 66.7 Å². The summed E-state index contributed by atoms with van der Waals surface area (Å²) in [4.78, 5) is 63.1. The predicted octanol–water partition coefficient (Wildman–Crippen LogP) is 3.89. The molecule has 5 atom stereocenters. The Labute approximate surface area is 291 Å². The first-order chi connectivity index (χ1) is 21.8. The lowest BCUT2D eigenvalue weighted by Crippen LogP contribution is -2.61. The van der Waals surface area contributed by atoms with Crippen LogP contribution in [0.1, 0.15) is 118 Å². The van der Waals surface area contributed by atoms with Gasteiger partial charge in [0.1, 0.15) is 12.1 Å². The van der Waals surface area contributed by atoms with Gasteiger partial charge in [-0.2, -0.15) is 13.5 Å². The molecule has 0 aromatic rings. The molecule has 0 spiro atoms. The largest absolute Gasteiger partial charge is 0.352 e. The van der Waals surface area contributed by atoms with Crippen molar-refractivity contribution in [3.05, 3.63) is 0 Å². The summed E-state index contributed by atoms with van der Waals surface area (Å²) in [5.41, 5.74) is -0.468. The minimum Gasteiger partial charge on any atom is -0.352 e. The predicted molar refractivity (Wildman–Crippen MR) is 192 cm³/mol. The van der Waals surface area contributed by atoms with Crippen molar-refractivity contribution in [1.29, 1.82) is 0 Å². The van der Waals surface area contributed by atoms with Gasteiger partial charge >= 0.3 is 0 Å². The van der Waals surface area contributed by atoms with Crippen LogP contribution in [0.25, 0.3) is 0 Å². The number of amides is 4. The molecule has 47 heavy (non-hydrogen) atoms. The van der Waals surface area contributed by atoms with E-state index in [-0.39, 0.29) is 73.3 Å². The van der Waals surface area contributed by atoms with E-state index in [1.165, 1.54) is 12.8 Å². The van der Waals surface area contributed by atoms with Crippen molar-refractivity contribution in [2.45, 2.75) is 154 Å². The van der Waals surface area contributed by atoms with Gasteiger partial charge in [0.15, 0.2) is 0 Å². The summed E-state index contributed by atoms with van der Waals surface area (Å²) in [6.07, 6.45) is 13.0. The molecule has 0 bridgehead atoms. The van der Waals surface area contributed by atoms with Crippen molar-refractivity contribution in [1.82, 2.24) is 30.2 Å². The minimum absolute atomic E-state index is 0. The van der Waals surface area contributed by atoms with Crippen molar-refractivity contribution in [3.63, 3.8) is 0 Å². The van der Waals surface area contributed by atoms with Crippen molar-refractivity contribution < 1.29 is 19.2 Å². The smallest absolute Gasteiger partial charge is 0.245 e. The van der Waals surface area contributed by atoms with Crippen LogP contribution in [0.5, 0.6) is 0 Å². The molecular formula is C36H66N6O4S. The molecule has 10 nitrogen and oxygen atoms in total. The standard InChI is InChI=1S/C36H64N6O4.H2S/c1-25(2)30(40(7)35(46)31(36(3,4)5)38-32(43)27-18-12-13-21-39(27)6)24-41-22-14-20-29(41)34(45)42-23-15-19-28(42)33(44)37-26-16-10-8-9-11-17-26;/h25-31H,8-24H2,1-7H3,(H,37,44)(H,38,43);1H2/t27-,28+,29+,30-,31-;/m1./s1. The first kappa shape index (κ1) is 39.6. The van der Waals surface area contributed by atoms with E-state index in [1.54, 1.807) is 0 Å². The normalized spacial score (nSPS) is 26.3. The van der Waals surface area contributed by atoms with Crippen molar-refractivity contribution in [2.24, 2.45) is 11.3 Å². The van der Waals surface area contributed by atoms with Crippen molar-refractivity contribution in [2.75, 3.05) is 40.3 Å². The zero-order valence-electron chi connectivity index (χ0n) is 30.5. The van der Waals surface area contributed by atoms with E-state index in [9.17, 15) is 19.2 Å². The first-order valence-electron chi connectivity index (χ1n) is 18.4. The number of likely N-dealkylation sites (N-methyl/N-ethyl adjacent to an activating group) is 2. The number of piperidine rings is 1. The molecule has 270 valence electrons. The Hall–Kier alpha value is -1.85. The molecule has 3 heterocycles. The fourth-order valence-corrected chi connectivity index (χ4v) is 8.22. The van der Waals surface area contributed by atoms with E-state index in [0.29, 0.717) is 13.1 Å². The zero-order chi connectivity index (χ0) is 33.6. The average Bonchev–Trinajstić information content (AvgIpc) is 3.62. The molecule has 0 aromatic carbocycles. The summed E-state index contributed by atoms with van der Waals surface area (Å²) in [6.45, 7) is 13.2. The van der Waals surface area contributed by atoms with Gasteiger partial charge < -0.3 is 20.4 Å². The van der Waals surface area contributed by atoms with Gasteiger partial charge in [-0.05, 0) is 82.8 Å². The molecule has 3 aliphatic heterocycles. The highest BCUT2D eigenvalue weighted by molar-refractivity contribution is 7.59. The maximum absolute atomic E-state index is 14.2. The summed E-state index contributed by atoms with van der Waals surface area (Å²) in [5.74, 6) is 0.0654. The molecule has 0 radical (unpaired) electrons. The van der Waals surface area contributed by atoms with Crippen molar-refractivity contribution >= 4 is 37.1 Å². The van der Waals surface area contributed by atoms with Gasteiger partial charge in [-0.15, -0.1) is 0 Å². The van der Waals surface area contributed by atoms with E-state index < -0.39 is 11.5 Å². The van der Waals surface area contributed by atoms with Gasteiger partial charge in [0.25, 0.3) is 0 Å². The molecule has 1 aliphatic carbocycles. The molecule has 4 aliphatic rings. The lowest BCUT2D eigenvalue weighted by molar-refractivity contribution is -0.144. The number of hydrogen-bond donors (Lipinski definition) is 2. The molecule has 2 N–H and O–H groups in total. The molecule has 4 rings (SSSR count). The van der Waals surface area contributed by atoms with Crippen LogP contribution in [0, 0.1) is 11.3 Å². The first-order valence-corrected chi connectivity index (χ1v) is 18.4. The zero-order valence-corrected chi connectivity index (χ0v) is 31.5. The third kappa shape index (κ3) is 10.1. The van der Waals surface area contributed by atoms with Crippen LogP contribution in [-0.4, -0.2) is 120 Å². The fourth-order valence-electron chi connectivity index (χ4n) is 8.22. The number of rotatable bonds is 10. The lowest BCUT2D eigenvalue weighted by Gasteiger charge is -2.41. The summed E-state index contributed by atoms with van der Waals surface area (Å²) >= 11 is 0. The van der Waals surface area contributed by atoms with Crippen LogP contribution in [0.3, 0.4) is 0 Å². The average molecular weight is 679 g/mol. The van der Waals surface area contributed by atoms with E-state index in [4.69, 9.17) is 0 Å². The van der Waals surface area contributed by atoms with Crippen LogP contribution in [0.4, 0.5) is 0 Å². The second-order valence-electron chi connectivity index (χ2n) is 16.1. The summed E-state index contributed by atoms with van der Waals surface area (Å²) in [6, 6.07) is -1.44. The molecule has 4 amide bonds. The van der Waals surface area contributed by atoms with Gasteiger partial charge in [0.05, 0.1) is 12.1 Å². The molecule has 11 heteroatoms. The quantitative estimate of drug-likeness (QED) is 0.340. The highest BCUT2D eigenvalue weighted by Crippen LogP contribution is 2.29. The molecule has 0 unspecified atom stereocenters. The highest BCUT2D eigenvalue weighted by atomic mass is 32.1. The Morgan fingerprint density at radius 1 is 0.766 bits per heavy atom. The Balaban J connectivity index is 0.00000600. The van der Waals surface area contributed by atoms with Crippen molar-refractivity contribution in [3.8, 4) is 0 Å². The minimum atomic E-state index is -0.657. The Kier molecular flexibility index (Phi) is 14.9. The second-order valence-corrected chi connectivity index (χ2v) is 16.1. The van der Waals surface area contributed by atoms with E-state index >= 15 is 0 Å². The maximum Gasteiger partial charge on any atom is 0.245 e. The number of hydrogen-bond acceptors (Lipinski definition) is 6. The molecule has 1 saturated carbocycles. The summed E-state index contributed by atoms with van der Waals surface area (Å²) < 4.78 is 0. The fraction of sp³-hybridized carbons (Fsp3) is 0.889. The number of nitrogens with zero attached hydrogens (tertiary/aromatic N) is 4. The number of nitrogens with one attached hydrogen (secondary N) is 2. The number of carbonyl (C=O) groups is 4. The van der Waals surface area contributed by atoms with Gasteiger partial charge in [-0.25, -0.2) is 0 Å². The van der Waals surface area contributed by atoms with Gasteiger partial charge in [-0.3, -0.25) is 29.0 Å². The van der Waals surface area contributed by atoms with Crippen LogP contribution in [-0.2, 0) is 19.2 Å². The Bertz CT molecular complexity index is 1060. The monoisotopic (exact) mass is 678 g/mol. The van der Waals surface area contributed by atoms with Crippen LogP contribution < -0.4 is 10.6 Å². The van der Waals surface area contributed by atoms with Crippen LogP contribution >= 0.6 is 13.5 Å². The third-order valence-corrected chi connectivity index (χ3v) is 11.2. The van der Waals surface area contributed by atoms with E-state index in [0.717, 1.165) is 83.7 Å². The van der Waals surface area contributed by atoms with E-state index in [2.05, 4.69) is 34.3 Å².